The molecule has 1 aliphatic heterocycles. The van der Waals surface area contributed by atoms with Crippen molar-refractivity contribution in [1.82, 2.24) is 10.2 Å². The highest BCUT2D eigenvalue weighted by Crippen LogP contribution is 2.12. The number of ether oxygens (including phenoxy) is 1. The zero-order valence-electron chi connectivity index (χ0n) is 10.5. The number of hydrogen-bond acceptors (Lipinski definition) is 3. The predicted molar refractivity (Wildman–Crippen MR) is 64.2 cm³/mol. The third kappa shape index (κ3) is 4.09. The van der Waals surface area contributed by atoms with E-state index in [0.29, 0.717) is 12.1 Å². The van der Waals surface area contributed by atoms with Crippen LogP contribution in [0.3, 0.4) is 0 Å². The molecular weight excluding hydrogens is 188 g/mol. The number of nitrogens with zero attached hydrogens (tertiary/aromatic N) is 1. The van der Waals surface area contributed by atoms with Crippen molar-refractivity contribution in [1.29, 1.82) is 0 Å². The van der Waals surface area contributed by atoms with Crippen LogP contribution in [0, 0.1) is 0 Å². The zero-order valence-corrected chi connectivity index (χ0v) is 10.5. The van der Waals surface area contributed by atoms with Gasteiger partial charge in [0.25, 0.3) is 0 Å². The van der Waals surface area contributed by atoms with E-state index >= 15 is 0 Å². The minimum atomic E-state index is 0.453. The van der Waals surface area contributed by atoms with Crippen molar-refractivity contribution in [2.24, 2.45) is 0 Å². The first-order valence-electron chi connectivity index (χ1n) is 6.38. The zero-order chi connectivity index (χ0) is 11.1. The van der Waals surface area contributed by atoms with Crippen LogP contribution in [0.4, 0.5) is 0 Å². The number of morpholine rings is 1. The van der Waals surface area contributed by atoms with Gasteiger partial charge in [-0.3, -0.25) is 4.90 Å². The van der Waals surface area contributed by atoms with Crippen LogP contribution in [0.15, 0.2) is 0 Å². The summed E-state index contributed by atoms with van der Waals surface area (Å²) in [7, 11) is 0. The van der Waals surface area contributed by atoms with Gasteiger partial charge in [0.1, 0.15) is 0 Å². The summed E-state index contributed by atoms with van der Waals surface area (Å²) in [5.41, 5.74) is 0. The van der Waals surface area contributed by atoms with Crippen LogP contribution in [-0.4, -0.2) is 49.8 Å². The molecule has 0 saturated carbocycles. The molecule has 2 unspecified atom stereocenters. The molecule has 0 aromatic heterocycles. The van der Waals surface area contributed by atoms with Gasteiger partial charge >= 0.3 is 0 Å². The Labute approximate surface area is 94.2 Å². The first-order chi connectivity index (χ1) is 7.31. The summed E-state index contributed by atoms with van der Waals surface area (Å²) in [6, 6.07) is 0.683. The Hall–Kier alpha value is -0.120. The first kappa shape index (κ1) is 12.9. The monoisotopic (exact) mass is 214 g/mol. The third-order valence-corrected chi connectivity index (χ3v) is 3.24. The maximum atomic E-state index is 5.69. The Morgan fingerprint density at radius 1 is 1.40 bits per heavy atom. The highest BCUT2D eigenvalue weighted by Gasteiger charge is 2.23. The molecule has 0 bridgehead atoms. The van der Waals surface area contributed by atoms with E-state index in [1.54, 1.807) is 0 Å². The van der Waals surface area contributed by atoms with Gasteiger partial charge in [-0.1, -0.05) is 20.8 Å². The normalized spacial score (nSPS) is 25.4. The average Bonchev–Trinajstić information content (AvgIpc) is 2.30. The lowest BCUT2D eigenvalue weighted by molar-refractivity contribution is -0.0445. The summed E-state index contributed by atoms with van der Waals surface area (Å²) in [5.74, 6) is 0. The molecule has 1 saturated heterocycles. The van der Waals surface area contributed by atoms with Crippen LogP contribution in [0.1, 0.15) is 33.6 Å². The summed E-state index contributed by atoms with van der Waals surface area (Å²) >= 11 is 0. The molecule has 0 spiro atoms. The summed E-state index contributed by atoms with van der Waals surface area (Å²) in [6.45, 7) is 11.9. The molecule has 2 atom stereocenters. The molecule has 0 aliphatic carbocycles. The molecule has 1 aliphatic rings. The van der Waals surface area contributed by atoms with E-state index in [2.05, 4.69) is 31.0 Å². The molecule has 0 aromatic carbocycles. The van der Waals surface area contributed by atoms with Crippen molar-refractivity contribution < 1.29 is 4.74 Å². The molecule has 15 heavy (non-hydrogen) atoms. The lowest BCUT2D eigenvalue weighted by Crippen LogP contribution is -2.50. The van der Waals surface area contributed by atoms with Crippen molar-refractivity contribution in [3.63, 3.8) is 0 Å². The fourth-order valence-electron chi connectivity index (χ4n) is 2.16. The van der Waals surface area contributed by atoms with Gasteiger partial charge in [0.05, 0.1) is 12.7 Å². The van der Waals surface area contributed by atoms with E-state index in [1.165, 1.54) is 6.42 Å². The molecule has 0 aromatic rings. The Morgan fingerprint density at radius 3 is 2.80 bits per heavy atom. The Balaban J connectivity index is 2.37. The summed E-state index contributed by atoms with van der Waals surface area (Å²) < 4.78 is 5.69. The molecule has 90 valence electrons. The highest BCUT2D eigenvalue weighted by molar-refractivity contribution is 4.78. The topological polar surface area (TPSA) is 24.5 Å². The van der Waals surface area contributed by atoms with E-state index in [-0.39, 0.29) is 0 Å². The van der Waals surface area contributed by atoms with Crippen LogP contribution < -0.4 is 5.32 Å². The largest absolute Gasteiger partial charge is 0.376 e. The van der Waals surface area contributed by atoms with E-state index in [0.717, 1.165) is 39.2 Å². The summed E-state index contributed by atoms with van der Waals surface area (Å²) in [6.07, 6.45) is 2.81. The Kier molecular flexibility index (Phi) is 6.22. The standard InChI is InChI=1S/C12H26N2O/c1-4-11(9-13-6-3)14-7-8-15-12(5-2)10-14/h11-13H,4-10H2,1-3H3. The quantitative estimate of drug-likeness (QED) is 0.725. The lowest BCUT2D eigenvalue weighted by atomic mass is 10.1. The number of rotatable bonds is 6. The van der Waals surface area contributed by atoms with Gasteiger partial charge in [-0.2, -0.15) is 0 Å². The van der Waals surface area contributed by atoms with Gasteiger partial charge in [0, 0.05) is 25.7 Å². The van der Waals surface area contributed by atoms with E-state index in [9.17, 15) is 0 Å². The minimum Gasteiger partial charge on any atom is -0.376 e. The third-order valence-electron chi connectivity index (χ3n) is 3.24. The van der Waals surface area contributed by atoms with E-state index in [1.807, 2.05) is 0 Å². The smallest absolute Gasteiger partial charge is 0.0700 e. The SMILES string of the molecule is CCNCC(CC)N1CCOC(CC)C1. The van der Waals surface area contributed by atoms with Gasteiger partial charge in [0.2, 0.25) is 0 Å². The minimum absolute atomic E-state index is 0.453. The van der Waals surface area contributed by atoms with Crippen molar-refractivity contribution in [2.75, 3.05) is 32.8 Å². The molecule has 1 rings (SSSR count). The second kappa shape index (κ2) is 7.20. The van der Waals surface area contributed by atoms with Crippen molar-refractivity contribution >= 4 is 0 Å². The average molecular weight is 214 g/mol. The fraction of sp³-hybridized carbons (Fsp3) is 1.00. The van der Waals surface area contributed by atoms with E-state index in [4.69, 9.17) is 4.74 Å². The van der Waals surface area contributed by atoms with Crippen LogP contribution in [0.2, 0.25) is 0 Å². The summed E-state index contributed by atoms with van der Waals surface area (Å²) in [4.78, 5) is 2.58. The van der Waals surface area contributed by atoms with Crippen LogP contribution in [-0.2, 0) is 4.74 Å². The molecule has 1 N–H and O–H groups in total. The van der Waals surface area contributed by atoms with Gasteiger partial charge in [-0.05, 0) is 19.4 Å². The van der Waals surface area contributed by atoms with E-state index < -0.39 is 0 Å². The van der Waals surface area contributed by atoms with Gasteiger partial charge in [-0.15, -0.1) is 0 Å². The highest BCUT2D eigenvalue weighted by atomic mass is 16.5. The number of likely N-dealkylation sites (N-methyl/N-ethyl adjacent to an activating group) is 1. The number of nitrogens with one attached hydrogen (secondary N) is 1. The van der Waals surface area contributed by atoms with Crippen LogP contribution in [0.5, 0.6) is 0 Å². The predicted octanol–water partition coefficient (Wildman–Crippen LogP) is 1.49. The van der Waals surface area contributed by atoms with Crippen LogP contribution in [0.25, 0.3) is 0 Å². The Bertz CT molecular complexity index is 164. The maximum Gasteiger partial charge on any atom is 0.0700 e. The second-order valence-corrected chi connectivity index (χ2v) is 4.27. The van der Waals surface area contributed by atoms with Gasteiger partial charge < -0.3 is 10.1 Å². The maximum absolute atomic E-state index is 5.69. The van der Waals surface area contributed by atoms with Crippen molar-refractivity contribution in [2.45, 2.75) is 45.8 Å². The molecule has 3 heteroatoms. The molecule has 0 amide bonds. The van der Waals surface area contributed by atoms with Crippen molar-refractivity contribution in [3.05, 3.63) is 0 Å². The lowest BCUT2D eigenvalue weighted by Gasteiger charge is -2.37. The molecule has 1 fully saturated rings. The summed E-state index contributed by atoms with van der Waals surface area (Å²) in [5, 5.41) is 3.45. The van der Waals surface area contributed by atoms with Crippen LogP contribution >= 0.6 is 0 Å². The first-order valence-corrected chi connectivity index (χ1v) is 6.38. The van der Waals surface area contributed by atoms with Gasteiger partial charge in [0.15, 0.2) is 0 Å². The molecule has 1 heterocycles. The molecular formula is C12H26N2O. The second-order valence-electron chi connectivity index (χ2n) is 4.27. The molecule has 3 nitrogen and oxygen atoms in total. The fourth-order valence-corrected chi connectivity index (χ4v) is 2.16. The van der Waals surface area contributed by atoms with Gasteiger partial charge in [-0.25, -0.2) is 0 Å². The molecule has 0 radical (unpaired) electrons. The Morgan fingerprint density at radius 2 is 2.20 bits per heavy atom. The van der Waals surface area contributed by atoms with Crippen molar-refractivity contribution in [3.8, 4) is 0 Å². The number of hydrogen-bond donors (Lipinski definition) is 1.